The van der Waals surface area contributed by atoms with Crippen LogP contribution in [0.5, 0.6) is 0 Å². The highest BCUT2D eigenvalue weighted by Crippen LogP contribution is 2.21. The van der Waals surface area contributed by atoms with E-state index in [4.69, 9.17) is 4.74 Å². The molecule has 0 radical (unpaired) electrons. The number of carbonyl (C=O) groups excluding carboxylic acids is 1. The molecule has 3 rings (SSSR count). The van der Waals surface area contributed by atoms with Crippen LogP contribution >= 0.6 is 0 Å². The lowest BCUT2D eigenvalue weighted by Crippen LogP contribution is -2.30. The molecular formula is C20H22N2O3. The van der Waals surface area contributed by atoms with Gasteiger partial charge in [-0.1, -0.05) is 36.4 Å². The zero-order chi connectivity index (χ0) is 17.6. The fourth-order valence-corrected chi connectivity index (χ4v) is 2.96. The molecule has 2 aromatic carbocycles. The molecule has 0 aliphatic carbocycles. The smallest absolute Gasteiger partial charge is 0.252 e. The summed E-state index contributed by atoms with van der Waals surface area (Å²) >= 11 is 0. The zero-order valence-electron chi connectivity index (χ0n) is 14.2. The minimum atomic E-state index is -0.431. The van der Waals surface area contributed by atoms with Gasteiger partial charge in [-0.2, -0.15) is 0 Å². The van der Waals surface area contributed by atoms with E-state index in [1.165, 1.54) is 0 Å². The number of ether oxygens (including phenoxy) is 1. The largest absolute Gasteiger partial charge is 0.394 e. The third kappa shape index (κ3) is 3.73. The first kappa shape index (κ1) is 17.2. The van der Waals surface area contributed by atoms with Crippen LogP contribution in [-0.2, 0) is 11.3 Å². The number of nitrogens with one attached hydrogen (secondary N) is 1. The molecule has 0 spiro atoms. The van der Waals surface area contributed by atoms with Crippen molar-refractivity contribution in [1.82, 2.24) is 9.88 Å². The molecular weight excluding hydrogens is 316 g/mol. The van der Waals surface area contributed by atoms with Gasteiger partial charge in [0.1, 0.15) is 0 Å². The Labute approximate surface area is 146 Å². The number of aliphatic hydroxyl groups is 1. The van der Waals surface area contributed by atoms with Crippen LogP contribution in [-0.4, -0.2) is 35.9 Å². The summed E-state index contributed by atoms with van der Waals surface area (Å²) in [6.45, 7) is 1.19. The van der Waals surface area contributed by atoms with E-state index >= 15 is 0 Å². The standard InChI is InChI=1S/C20H22N2O3/c1-25-13-12-22-11-10-16-17(8-5-9-19(16)22)20(24)21-18(14-23)15-6-3-2-4-7-15/h2-11,18,23H,12-14H2,1H3,(H,21,24). The average molecular weight is 338 g/mol. The van der Waals surface area contributed by atoms with Crippen molar-refractivity contribution in [3.8, 4) is 0 Å². The van der Waals surface area contributed by atoms with Gasteiger partial charge >= 0.3 is 0 Å². The molecule has 1 unspecified atom stereocenters. The highest BCUT2D eigenvalue weighted by molar-refractivity contribution is 6.06. The third-order valence-corrected chi connectivity index (χ3v) is 4.28. The lowest BCUT2D eigenvalue weighted by atomic mass is 10.1. The Morgan fingerprint density at radius 3 is 2.68 bits per heavy atom. The van der Waals surface area contributed by atoms with Gasteiger partial charge < -0.3 is 19.7 Å². The minimum Gasteiger partial charge on any atom is -0.394 e. The predicted octanol–water partition coefficient (Wildman–Crippen LogP) is 2.75. The van der Waals surface area contributed by atoms with Crippen molar-refractivity contribution in [3.63, 3.8) is 0 Å². The van der Waals surface area contributed by atoms with Crippen molar-refractivity contribution in [3.05, 3.63) is 71.9 Å². The highest BCUT2D eigenvalue weighted by Gasteiger charge is 2.17. The number of carbonyl (C=O) groups is 1. The molecule has 5 heteroatoms. The van der Waals surface area contributed by atoms with Gasteiger partial charge in [0.05, 0.1) is 19.3 Å². The molecule has 0 aliphatic rings. The Morgan fingerprint density at radius 1 is 1.16 bits per heavy atom. The summed E-state index contributed by atoms with van der Waals surface area (Å²) in [4.78, 5) is 12.8. The average Bonchev–Trinajstić information content (AvgIpc) is 3.08. The van der Waals surface area contributed by atoms with E-state index in [0.29, 0.717) is 12.2 Å². The molecule has 1 heterocycles. The van der Waals surface area contributed by atoms with Crippen molar-refractivity contribution in [2.45, 2.75) is 12.6 Å². The van der Waals surface area contributed by atoms with Crippen LogP contribution < -0.4 is 5.32 Å². The van der Waals surface area contributed by atoms with Gasteiger partial charge in [0.2, 0.25) is 0 Å². The number of fused-ring (bicyclic) bond motifs is 1. The fraction of sp³-hybridized carbons (Fsp3) is 0.250. The maximum atomic E-state index is 12.8. The van der Waals surface area contributed by atoms with E-state index in [-0.39, 0.29) is 12.5 Å². The van der Waals surface area contributed by atoms with Crippen molar-refractivity contribution in [1.29, 1.82) is 0 Å². The van der Waals surface area contributed by atoms with Crippen LogP contribution in [0.4, 0.5) is 0 Å². The van der Waals surface area contributed by atoms with Gasteiger partial charge in [0, 0.05) is 36.3 Å². The van der Waals surface area contributed by atoms with Crippen molar-refractivity contribution >= 4 is 16.8 Å². The van der Waals surface area contributed by atoms with Crippen molar-refractivity contribution < 1.29 is 14.6 Å². The lowest BCUT2D eigenvalue weighted by Gasteiger charge is -2.17. The molecule has 0 saturated carbocycles. The zero-order valence-corrected chi connectivity index (χ0v) is 14.2. The fourth-order valence-electron chi connectivity index (χ4n) is 2.96. The Bertz CT molecular complexity index is 843. The summed E-state index contributed by atoms with van der Waals surface area (Å²) in [6, 6.07) is 16.6. The van der Waals surface area contributed by atoms with Crippen LogP contribution in [0.15, 0.2) is 60.8 Å². The Kier molecular flexibility index (Phi) is 5.48. The molecule has 1 amide bonds. The number of rotatable bonds is 7. The number of hydrogen-bond acceptors (Lipinski definition) is 3. The highest BCUT2D eigenvalue weighted by atomic mass is 16.5. The molecule has 1 aromatic heterocycles. The van der Waals surface area contributed by atoms with Crippen molar-refractivity contribution in [2.24, 2.45) is 0 Å². The van der Waals surface area contributed by atoms with Gasteiger partial charge in [0.25, 0.3) is 5.91 Å². The Balaban J connectivity index is 1.85. The lowest BCUT2D eigenvalue weighted by molar-refractivity contribution is 0.0918. The molecule has 3 aromatic rings. The van der Waals surface area contributed by atoms with Crippen LogP contribution in [0.1, 0.15) is 22.0 Å². The predicted molar refractivity (Wildman–Crippen MR) is 97.5 cm³/mol. The molecule has 130 valence electrons. The first-order chi connectivity index (χ1) is 12.2. The van der Waals surface area contributed by atoms with Crippen molar-refractivity contribution in [2.75, 3.05) is 20.3 Å². The molecule has 0 saturated heterocycles. The summed E-state index contributed by atoms with van der Waals surface area (Å²) in [5.41, 5.74) is 2.47. The number of amides is 1. The maximum absolute atomic E-state index is 12.8. The van der Waals surface area contributed by atoms with Gasteiger partial charge in [-0.15, -0.1) is 0 Å². The topological polar surface area (TPSA) is 63.5 Å². The number of aliphatic hydroxyl groups excluding tert-OH is 1. The van der Waals surface area contributed by atoms with E-state index in [9.17, 15) is 9.90 Å². The summed E-state index contributed by atoms with van der Waals surface area (Å²) in [6.07, 6.45) is 1.96. The summed E-state index contributed by atoms with van der Waals surface area (Å²) in [5, 5.41) is 13.5. The SMILES string of the molecule is COCCn1ccc2c(C(=O)NC(CO)c3ccccc3)cccc21. The molecule has 2 N–H and O–H groups in total. The summed E-state index contributed by atoms with van der Waals surface area (Å²) in [7, 11) is 1.67. The van der Waals surface area contributed by atoms with Crippen LogP contribution in [0.3, 0.4) is 0 Å². The third-order valence-electron chi connectivity index (χ3n) is 4.28. The monoisotopic (exact) mass is 338 g/mol. The summed E-state index contributed by atoms with van der Waals surface area (Å²) < 4.78 is 7.20. The van der Waals surface area contributed by atoms with Gasteiger partial charge in [0.15, 0.2) is 0 Å². The Morgan fingerprint density at radius 2 is 1.96 bits per heavy atom. The van der Waals surface area contributed by atoms with Gasteiger partial charge in [-0.05, 0) is 23.8 Å². The van der Waals surface area contributed by atoms with E-state index in [0.717, 1.165) is 23.0 Å². The first-order valence-corrected chi connectivity index (χ1v) is 8.28. The molecule has 1 atom stereocenters. The second-order valence-corrected chi connectivity index (χ2v) is 5.86. The van der Waals surface area contributed by atoms with E-state index < -0.39 is 6.04 Å². The first-order valence-electron chi connectivity index (χ1n) is 8.28. The number of hydrogen-bond donors (Lipinski definition) is 2. The molecule has 0 aliphatic heterocycles. The maximum Gasteiger partial charge on any atom is 0.252 e. The number of benzene rings is 2. The molecule has 5 nitrogen and oxygen atoms in total. The van der Waals surface area contributed by atoms with Crippen LogP contribution in [0, 0.1) is 0 Å². The molecule has 0 bridgehead atoms. The van der Waals surface area contributed by atoms with Gasteiger partial charge in [-0.3, -0.25) is 4.79 Å². The Hall–Kier alpha value is -2.63. The van der Waals surface area contributed by atoms with Crippen LogP contribution in [0.2, 0.25) is 0 Å². The number of methoxy groups -OCH3 is 1. The second kappa shape index (κ2) is 7.96. The number of aromatic nitrogens is 1. The quantitative estimate of drug-likeness (QED) is 0.696. The molecule has 0 fully saturated rings. The van der Waals surface area contributed by atoms with E-state index in [1.807, 2.05) is 54.7 Å². The van der Waals surface area contributed by atoms with Gasteiger partial charge in [-0.25, -0.2) is 0 Å². The normalized spacial score (nSPS) is 12.2. The minimum absolute atomic E-state index is 0.152. The summed E-state index contributed by atoms with van der Waals surface area (Å²) in [5.74, 6) is -0.196. The number of nitrogens with zero attached hydrogens (tertiary/aromatic N) is 1. The van der Waals surface area contributed by atoms with E-state index in [2.05, 4.69) is 9.88 Å². The molecule has 25 heavy (non-hydrogen) atoms. The van der Waals surface area contributed by atoms with Crippen LogP contribution in [0.25, 0.3) is 10.9 Å². The second-order valence-electron chi connectivity index (χ2n) is 5.86. The van der Waals surface area contributed by atoms with E-state index in [1.54, 1.807) is 13.2 Å².